The number of nitrogen functional groups attached to an aromatic ring is 2. The van der Waals surface area contributed by atoms with Gasteiger partial charge in [-0.3, -0.25) is 11.6 Å². The summed E-state index contributed by atoms with van der Waals surface area (Å²) < 4.78 is 2.05. The Labute approximate surface area is 72.5 Å². The molecule has 0 aliphatic carbocycles. The van der Waals surface area contributed by atoms with Gasteiger partial charge in [-0.2, -0.15) is 0 Å². The molecule has 0 spiro atoms. The second-order valence-electron chi connectivity index (χ2n) is 2.13. The molecular formula is C6H9BrN3O+. The molecule has 0 aliphatic rings. The lowest BCUT2D eigenvalue weighted by Crippen LogP contribution is -2.47. The van der Waals surface area contributed by atoms with E-state index in [4.69, 9.17) is 16.7 Å². The fourth-order valence-electron chi connectivity index (χ4n) is 0.773. The number of nitrogens with zero attached hydrogens (tertiary/aromatic N) is 1. The van der Waals surface area contributed by atoms with Crippen molar-refractivity contribution in [3.05, 3.63) is 22.3 Å². The lowest BCUT2D eigenvalue weighted by molar-refractivity contribution is -0.624. The Bertz CT molecular complexity index is 277. The van der Waals surface area contributed by atoms with Crippen LogP contribution in [0.1, 0.15) is 5.56 Å². The van der Waals surface area contributed by atoms with Crippen molar-refractivity contribution in [1.29, 1.82) is 0 Å². The van der Waals surface area contributed by atoms with E-state index in [0.717, 1.165) is 4.47 Å². The zero-order valence-electron chi connectivity index (χ0n) is 5.79. The molecule has 0 atom stereocenters. The third-order valence-electron chi connectivity index (χ3n) is 1.35. The van der Waals surface area contributed by atoms with E-state index in [-0.39, 0.29) is 6.61 Å². The normalized spacial score (nSPS) is 10.0. The van der Waals surface area contributed by atoms with E-state index in [1.54, 1.807) is 12.3 Å². The van der Waals surface area contributed by atoms with Crippen molar-refractivity contribution in [3.8, 4) is 0 Å². The number of aliphatic hydroxyl groups is 1. The fourth-order valence-corrected chi connectivity index (χ4v) is 1.27. The zero-order valence-corrected chi connectivity index (χ0v) is 7.37. The molecule has 5 heteroatoms. The van der Waals surface area contributed by atoms with Gasteiger partial charge in [-0.15, -0.1) is 4.68 Å². The third-order valence-corrected chi connectivity index (χ3v) is 1.79. The van der Waals surface area contributed by atoms with Crippen LogP contribution < -0.4 is 16.3 Å². The fraction of sp³-hybridized carbons (Fsp3) is 0.167. The minimum Gasteiger partial charge on any atom is -0.391 e. The van der Waals surface area contributed by atoms with Crippen LogP contribution in [0.3, 0.4) is 0 Å². The molecule has 1 aromatic heterocycles. The summed E-state index contributed by atoms with van der Waals surface area (Å²) >= 11 is 3.22. The minimum atomic E-state index is -0.109. The van der Waals surface area contributed by atoms with Crippen molar-refractivity contribution in [2.45, 2.75) is 6.61 Å². The molecule has 0 amide bonds. The van der Waals surface area contributed by atoms with Gasteiger partial charge in [0.2, 0.25) is 0 Å². The van der Waals surface area contributed by atoms with Crippen molar-refractivity contribution >= 4 is 21.7 Å². The van der Waals surface area contributed by atoms with E-state index >= 15 is 0 Å². The van der Waals surface area contributed by atoms with Gasteiger partial charge in [0, 0.05) is 0 Å². The van der Waals surface area contributed by atoms with Crippen molar-refractivity contribution in [2.24, 2.45) is 0 Å². The summed E-state index contributed by atoms with van der Waals surface area (Å²) in [5.41, 5.74) is 6.13. The van der Waals surface area contributed by atoms with Crippen LogP contribution in [0.5, 0.6) is 0 Å². The second-order valence-corrected chi connectivity index (χ2v) is 3.05. The second kappa shape index (κ2) is 3.06. The summed E-state index contributed by atoms with van der Waals surface area (Å²) in [7, 11) is 0. The zero-order chi connectivity index (χ0) is 8.43. The van der Waals surface area contributed by atoms with Crippen LogP contribution in [0.4, 0.5) is 5.82 Å². The average molecular weight is 219 g/mol. The lowest BCUT2D eigenvalue weighted by Gasteiger charge is -2.00. The highest BCUT2D eigenvalue weighted by atomic mass is 79.9. The largest absolute Gasteiger partial charge is 0.391 e. The smallest absolute Gasteiger partial charge is 0.301 e. The molecule has 1 aromatic rings. The van der Waals surface area contributed by atoms with Crippen LogP contribution in [-0.4, -0.2) is 5.11 Å². The van der Waals surface area contributed by atoms with Crippen molar-refractivity contribution in [2.75, 3.05) is 11.6 Å². The highest BCUT2D eigenvalue weighted by Crippen LogP contribution is 2.12. The van der Waals surface area contributed by atoms with Gasteiger partial charge in [0.15, 0.2) is 0 Å². The van der Waals surface area contributed by atoms with Crippen molar-refractivity contribution in [3.63, 3.8) is 0 Å². The predicted molar refractivity (Wildman–Crippen MR) is 44.8 cm³/mol. The van der Waals surface area contributed by atoms with Crippen LogP contribution in [0.2, 0.25) is 0 Å². The molecule has 1 rings (SSSR count). The van der Waals surface area contributed by atoms with Crippen LogP contribution in [0.15, 0.2) is 16.7 Å². The maximum absolute atomic E-state index is 8.80. The van der Waals surface area contributed by atoms with Crippen molar-refractivity contribution < 1.29 is 9.78 Å². The first-order valence-corrected chi connectivity index (χ1v) is 3.80. The van der Waals surface area contributed by atoms with Gasteiger partial charge < -0.3 is 5.11 Å². The molecule has 0 fully saturated rings. The molecule has 60 valence electrons. The summed E-state index contributed by atoms with van der Waals surface area (Å²) in [5.74, 6) is 5.82. The number of hydrogen-bond donors (Lipinski definition) is 3. The summed E-state index contributed by atoms with van der Waals surface area (Å²) in [5, 5.41) is 8.80. The van der Waals surface area contributed by atoms with Gasteiger partial charge in [0.1, 0.15) is 6.20 Å². The summed E-state index contributed by atoms with van der Waals surface area (Å²) in [6, 6.07) is 1.72. The summed E-state index contributed by atoms with van der Waals surface area (Å²) in [6.07, 6.45) is 1.62. The Morgan fingerprint density at radius 2 is 2.27 bits per heavy atom. The van der Waals surface area contributed by atoms with Gasteiger partial charge in [0.25, 0.3) is 0 Å². The van der Waals surface area contributed by atoms with Crippen LogP contribution in [0.25, 0.3) is 0 Å². The van der Waals surface area contributed by atoms with Gasteiger partial charge >= 0.3 is 5.82 Å². The van der Waals surface area contributed by atoms with E-state index in [2.05, 4.69) is 15.9 Å². The maximum atomic E-state index is 8.80. The molecule has 0 radical (unpaired) electrons. The number of aliphatic hydroxyl groups excluding tert-OH is 1. The molecule has 0 aliphatic heterocycles. The average Bonchev–Trinajstić information content (AvgIpc) is 1.96. The minimum absolute atomic E-state index is 0.109. The van der Waals surface area contributed by atoms with E-state index in [1.807, 2.05) is 0 Å². The molecule has 5 N–H and O–H groups in total. The third kappa shape index (κ3) is 1.61. The molecule has 11 heavy (non-hydrogen) atoms. The van der Waals surface area contributed by atoms with E-state index in [9.17, 15) is 0 Å². The number of anilines is 1. The van der Waals surface area contributed by atoms with Crippen LogP contribution >= 0.6 is 15.9 Å². The number of halogens is 1. The molecule has 4 nitrogen and oxygen atoms in total. The first-order chi connectivity index (χ1) is 5.15. The molecule has 0 saturated carbocycles. The molecule has 0 saturated heterocycles. The Balaban J connectivity index is 3.24. The van der Waals surface area contributed by atoms with Crippen LogP contribution in [-0.2, 0) is 6.61 Å². The van der Waals surface area contributed by atoms with Gasteiger partial charge in [-0.1, -0.05) is 0 Å². The molecule has 0 bridgehead atoms. The van der Waals surface area contributed by atoms with Gasteiger partial charge in [0.05, 0.1) is 16.6 Å². The Kier molecular flexibility index (Phi) is 2.31. The van der Waals surface area contributed by atoms with Gasteiger partial charge in [-0.05, 0) is 22.0 Å². The predicted octanol–water partition coefficient (Wildman–Crippen LogP) is -0.475. The Morgan fingerprint density at radius 3 is 2.82 bits per heavy atom. The standard InChI is InChI=1S/C6H8BrN3O/c7-5-1-4(3-11)6(8)10(9)2-5/h1-2,8,11H,3,9H2/p+1. The summed E-state index contributed by atoms with van der Waals surface area (Å²) in [6.45, 7) is -0.109. The highest BCUT2D eigenvalue weighted by Gasteiger charge is 2.08. The number of rotatable bonds is 1. The SMILES string of the molecule is Nc1c(CO)cc(Br)c[n+]1N. The first kappa shape index (κ1) is 8.29. The topological polar surface area (TPSA) is 76.2 Å². The Hall–Kier alpha value is -0.810. The maximum Gasteiger partial charge on any atom is 0.301 e. The highest BCUT2D eigenvalue weighted by molar-refractivity contribution is 9.10. The Morgan fingerprint density at radius 1 is 1.64 bits per heavy atom. The lowest BCUT2D eigenvalue weighted by atomic mass is 10.3. The number of hydrogen-bond acceptors (Lipinski definition) is 3. The van der Waals surface area contributed by atoms with E-state index in [1.165, 1.54) is 4.68 Å². The number of aromatic nitrogens is 1. The molecule has 0 unspecified atom stereocenters. The first-order valence-electron chi connectivity index (χ1n) is 3.00. The summed E-state index contributed by atoms with van der Waals surface area (Å²) in [4.78, 5) is 0. The molecule has 0 aromatic carbocycles. The molecule has 1 heterocycles. The quantitative estimate of drug-likeness (QED) is 0.441. The van der Waals surface area contributed by atoms with E-state index < -0.39 is 0 Å². The number of pyridine rings is 1. The van der Waals surface area contributed by atoms with Crippen molar-refractivity contribution in [1.82, 2.24) is 0 Å². The van der Waals surface area contributed by atoms with Gasteiger partial charge in [-0.25, -0.2) is 0 Å². The van der Waals surface area contributed by atoms with Crippen LogP contribution in [0, 0.1) is 0 Å². The number of nitrogens with two attached hydrogens (primary N) is 2. The van der Waals surface area contributed by atoms with E-state index in [0.29, 0.717) is 11.4 Å². The monoisotopic (exact) mass is 218 g/mol. The molecular weight excluding hydrogens is 210 g/mol.